The van der Waals surface area contributed by atoms with Gasteiger partial charge in [-0.05, 0) is 13.3 Å². The molecule has 6 nitrogen and oxygen atoms in total. The van der Waals surface area contributed by atoms with E-state index in [1.54, 1.807) is 14.1 Å². The summed E-state index contributed by atoms with van der Waals surface area (Å²) in [5.74, 6) is -0.189. The van der Waals surface area contributed by atoms with Gasteiger partial charge in [-0.3, -0.25) is 4.79 Å². The fourth-order valence-corrected chi connectivity index (χ4v) is 2.68. The lowest BCUT2D eigenvalue weighted by Crippen LogP contribution is -2.21. The van der Waals surface area contributed by atoms with Crippen LogP contribution in [0.4, 0.5) is 10.7 Å². The van der Waals surface area contributed by atoms with Gasteiger partial charge < -0.3 is 20.7 Å². The van der Waals surface area contributed by atoms with Crippen LogP contribution in [-0.4, -0.2) is 44.7 Å². The molecule has 110 valence electrons. The van der Waals surface area contributed by atoms with Crippen LogP contribution in [0.5, 0.6) is 0 Å². The second-order valence-corrected chi connectivity index (χ2v) is 5.36. The maximum absolute atomic E-state index is 12.0. The molecule has 1 rings (SSSR count). The largest absolute Gasteiger partial charge is 0.396 e. The van der Waals surface area contributed by atoms with Gasteiger partial charge in [-0.2, -0.15) is 5.26 Å². The zero-order valence-corrected chi connectivity index (χ0v) is 12.8. The molecule has 0 aliphatic rings. The average molecular weight is 296 g/mol. The van der Waals surface area contributed by atoms with Crippen molar-refractivity contribution in [1.82, 2.24) is 4.90 Å². The fraction of sp³-hybridized carbons (Fsp3) is 0.538. The number of anilines is 2. The minimum Gasteiger partial charge on any atom is -0.396 e. The number of nitrogen functional groups attached to an aromatic ring is 1. The zero-order valence-electron chi connectivity index (χ0n) is 12.0. The highest BCUT2D eigenvalue weighted by Gasteiger charge is 2.21. The molecule has 0 unspecified atom stereocenters. The van der Waals surface area contributed by atoms with Crippen molar-refractivity contribution in [2.24, 2.45) is 0 Å². The van der Waals surface area contributed by atoms with E-state index >= 15 is 0 Å². The fourth-order valence-electron chi connectivity index (χ4n) is 1.56. The van der Waals surface area contributed by atoms with Crippen LogP contribution in [-0.2, 0) is 4.74 Å². The molecular formula is C13H20N4O2S. The number of carbonyl (C=O) groups is 1. The summed E-state index contributed by atoms with van der Waals surface area (Å²) in [5.41, 5.74) is 6.48. The molecule has 3 N–H and O–H groups in total. The Balaban J connectivity index is 2.79. The molecule has 0 radical (unpaired) electrons. The summed E-state index contributed by atoms with van der Waals surface area (Å²) in [5, 5.41) is 12.9. The third-order valence-corrected chi connectivity index (χ3v) is 3.76. The smallest absolute Gasteiger partial charge is 0.265 e. The minimum atomic E-state index is -0.189. The maximum atomic E-state index is 12.0. The predicted octanol–water partition coefficient (Wildman–Crippen LogP) is 1.74. The molecule has 0 aliphatic carbocycles. The summed E-state index contributed by atoms with van der Waals surface area (Å²) in [6, 6.07) is 2.05. The number of carbonyl (C=O) groups excluding carboxylic acids is 1. The van der Waals surface area contributed by atoms with Crippen molar-refractivity contribution in [3.63, 3.8) is 0 Å². The van der Waals surface area contributed by atoms with Crippen LogP contribution in [0.3, 0.4) is 0 Å². The van der Waals surface area contributed by atoms with Crippen molar-refractivity contribution in [3.8, 4) is 6.07 Å². The van der Waals surface area contributed by atoms with E-state index in [9.17, 15) is 4.79 Å². The van der Waals surface area contributed by atoms with Gasteiger partial charge in [0, 0.05) is 33.9 Å². The lowest BCUT2D eigenvalue weighted by Gasteiger charge is -2.08. The van der Waals surface area contributed by atoms with E-state index < -0.39 is 0 Å². The molecule has 0 aromatic carbocycles. The first-order valence-corrected chi connectivity index (χ1v) is 7.20. The SMILES string of the molecule is CCOCCCNc1sc(C(=O)N(C)C)c(N)c1C#N. The van der Waals surface area contributed by atoms with Crippen molar-refractivity contribution >= 4 is 27.9 Å². The van der Waals surface area contributed by atoms with Crippen LogP contribution in [0.1, 0.15) is 28.6 Å². The number of thiophene rings is 1. The van der Waals surface area contributed by atoms with Gasteiger partial charge in [0.2, 0.25) is 0 Å². The van der Waals surface area contributed by atoms with Crippen LogP contribution >= 0.6 is 11.3 Å². The Morgan fingerprint density at radius 2 is 2.25 bits per heavy atom. The van der Waals surface area contributed by atoms with Crippen molar-refractivity contribution in [2.45, 2.75) is 13.3 Å². The van der Waals surface area contributed by atoms with Crippen LogP contribution in [0, 0.1) is 11.3 Å². The Hall–Kier alpha value is -1.78. The molecule has 1 aromatic heterocycles. The number of nitriles is 1. The standard InChI is InChI=1S/C13H20N4O2S/c1-4-19-7-5-6-16-12-9(8-14)10(15)11(20-12)13(18)17(2)3/h16H,4-7,15H2,1-3H3. The topological polar surface area (TPSA) is 91.4 Å². The van der Waals surface area contributed by atoms with Crippen LogP contribution < -0.4 is 11.1 Å². The normalized spacial score (nSPS) is 10.1. The molecule has 0 atom stereocenters. The lowest BCUT2D eigenvalue weighted by molar-refractivity contribution is 0.0833. The monoisotopic (exact) mass is 296 g/mol. The molecule has 1 amide bonds. The Morgan fingerprint density at radius 3 is 2.80 bits per heavy atom. The van der Waals surface area contributed by atoms with E-state index in [1.165, 1.54) is 16.2 Å². The summed E-state index contributed by atoms with van der Waals surface area (Å²) in [7, 11) is 3.31. The van der Waals surface area contributed by atoms with Gasteiger partial charge in [0.1, 0.15) is 21.5 Å². The zero-order chi connectivity index (χ0) is 15.1. The minimum absolute atomic E-state index is 0.189. The van der Waals surface area contributed by atoms with E-state index in [1.807, 2.05) is 6.92 Å². The summed E-state index contributed by atoms with van der Waals surface area (Å²) in [4.78, 5) is 13.8. The molecule has 1 aromatic rings. The van der Waals surface area contributed by atoms with E-state index in [-0.39, 0.29) is 11.6 Å². The van der Waals surface area contributed by atoms with Gasteiger partial charge in [-0.25, -0.2) is 0 Å². The summed E-state index contributed by atoms with van der Waals surface area (Å²) < 4.78 is 5.24. The number of rotatable bonds is 7. The molecule has 20 heavy (non-hydrogen) atoms. The molecule has 1 heterocycles. The van der Waals surface area contributed by atoms with Crippen molar-refractivity contribution in [2.75, 3.05) is 44.9 Å². The number of hydrogen-bond acceptors (Lipinski definition) is 6. The highest BCUT2D eigenvalue weighted by Crippen LogP contribution is 2.35. The molecule has 0 bridgehead atoms. The number of hydrogen-bond donors (Lipinski definition) is 2. The van der Waals surface area contributed by atoms with Gasteiger partial charge in [0.25, 0.3) is 5.91 Å². The van der Waals surface area contributed by atoms with Crippen LogP contribution in [0.25, 0.3) is 0 Å². The quantitative estimate of drug-likeness (QED) is 0.748. The van der Waals surface area contributed by atoms with Gasteiger partial charge in [0.15, 0.2) is 0 Å². The van der Waals surface area contributed by atoms with Gasteiger partial charge >= 0.3 is 0 Å². The second-order valence-electron chi connectivity index (χ2n) is 4.34. The van der Waals surface area contributed by atoms with E-state index in [0.29, 0.717) is 35.2 Å². The first-order valence-electron chi connectivity index (χ1n) is 6.38. The third-order valence-electron chi connectivity index (χ3n) is 2.61. The van der Waals surface area contributed by atoms with Gasteiger partial charge in [-0.1, -0.05) is 0 Å². The summed E-state index contributed by atoms with van der Waals surface area (Å²) >= 11 is 1.22. The molecule has 0 aliphatic heterocycles. The predicted molar refractivity (Wildman–Crippen MR) is 81.1 cm³/mol. The second kappa shape index (κ2) is 7.72. The summed E-state index contributed by atoms with van der Waals surface area (Å²) in [6.45, 7) is 3.97. The number of amides is 1. The number of nitrogens with one attached hydrogen (secondary N) is 1. The van der Waals surface area contributed by atoms with Crippen molar-refractivity contribution in [3.05, 3.63) is 10.4 Å². The van der Waals surface area contributed by atoms with Crippen molar-refractivity contribution in [1.29, 1.82) is 5.26 Å². The van der Waals surface area contributed by atoms with Crippen molar-refractivity contribution < 1.29 is 9.53 Å². The highest BCUT2D eigenvalue weighted by molar-refractivity contribution is 7.18. The molecular weight excluding hydrogens is 276 g/mol. The van der Waals surface area contributed by atoms with E-state index in [0.717, 1.165) is 6.42 Å². The number of nitrogens with zero attached hydrogens (tertiary/aromatic N) is 2. The highest BCUT2D eigenvalue weighted by atomic mass is 32.1. The Kier molecular flexibility index (Phi) is 6.28. The van der Waals surface area contributed by atoms with E-state index in [2.05, 4.69) is 11.4 Å². The van der Waals surface area contributed by atoms with Gasteiger partial charge in [0.05, 0.1) is 5.69 Å². The van der Waals surface area contributed by atoms with Gasteiger partial charge in [-0.15, -0.1) is 11.3 Å². The average Bonchev–Trinajstić information content (AvgIpc) is 2.73. The first kappa shape index (κ1) is 16.3. The third kappa shape index (κ3) is 3.85. The molecule has 0 saturated carbocycles. The van der Waals surface area contributed by atoms with E-state index in [4.69, 9.17) is 15.7 Å². The molecule has 0 fully saturated rings. The number of nitrogens with two attached hydrogens (primary N) is 1. The Bertz CT molecular complexity index is 505. The van der Waals surface area contributed by atoms with Crippen LogP contribution in [0.15, 0.2) is 0 Å². The molecule has 7 heteroatoms. The lowest BCUT2D eigenvalue weighted by atomic mass is 10.2. The molecule has 0 saturated heterocycles. The van der Waals surface area contributed by atoms with Crippen LogP contribution in [0.2, 0.25) is 0 Å². The Morgan fingerprint density at radius 1 is 1.55 bits per heavy atom. The molecule has 0 spiro atoms. The summed E-state index contributed by atoms with van der Waals surface area (Å²) in [6.07, 6.45) is 0.827. The Labute approximate surface area is 123 Å². The first-order chi connectivity index (χ1) is 9.52. The maximum Gasteiger partial charge on any atom is 0.265 e. The number of ether oxygens (including phenoxy) is 1.